The van der Waals surface area contributed by atoms with Gasteiger partial charge < -0.3 is 10.2 Å². The van der Waals surface area contributed by atoms with Crippen LogP contribution in [-0.4, -0.2) is 33.6 Å². The number of hydrogen-bond acceptors (Lipinski definition) is 7. The van der Waals surface area contributed by atoms with E-state index in [2.05, 4.69) is 38.7 Å². The van der Waals surface area contributed by atoms with Gasteiger partial charge in [-0.1, -0.05) is 36.4 Å². The summed E-state index contributed by atoms with van der Waals surface area (Å²) in [7, 11) is 0. The largest absolute Gasteiger partial charge is 0.415 e. The van der Waals surface area contributed by atoms with Crippen LogP contribution < -0.4 is 5.73 Å². The minimum Gasteiger partial charge on any atom is -0.415 e. The van der Waals surface area contributed by atoms with E-state index in [9.17, 15) is 8.78 Å². The molecule has 0 spiro atoms. The first-order valence-corrected chi connectivity index (χ1v) is 10.4. The summed E-state index contributed by atoms with van der Waals surface area (Å²) in [5, 5.41) is 17.1. The quantitative estimate of drug-likeness (QED) is 0.233. The fourth-order valence-electron chi connectivity index (χ4n) is 2.98. The molecule has 2 aromatic carbocycles. The number of aromatic nitrogens is 2. The molecule has 0 saturated carbocycles. The lowest BCUT2D eigenvalue weighted by Crippen LogP contribution is -2.13. The van der Waals surface area contributed by atoms with Gasteiger partial charge in [0, 0.05) is 22.9 Å². The zero-order chi connectivity index (χ0) is 24.8. The first-order chi connectivity index (χ1) is 16.2. The standard InChI is InChI=1S/C23H22ClF2N7O/c1-5-15-10-16(8-9-20(15)29-14(3)27)13(2)32-33(28-4)12-18-7-6-17(11-19(18)24)22-30-31-23(34-22)21(25)26/h5-11,21H,1,4,12H2,2-3H3,(H2,27,29)/b32-13+. The van der Waals surface area contributed by atoms with Gasteiger partial charge in [-0.25, -0.2) is 4.99 Å². The summed E-state index contributed by atoms with van der Waals surface area (Å²) in [5.74, 6) is -0.355. The van der Waals surface area contributed by atoms with Gasteiger partial charge in [0.2, 0.25) is 5.89 Å². The predicted molar refractivity (Wildman–Crippen MR) is 130 cm³/mol. The summed E-state index contributed by atoms with van der Waals surface area (Å²) in [6, 6.07) is 10.5. The number of hydrazone groups is 2. The van der Waals surface area contributed by atoms with Crippen LogP contribution in [0.2, 0.25) is 5.02 Å². The summed E-state index contributed by atoms with van der Waals surface area (Å²) in [4.78, 5) is 4.29. The third-order valence-corrected chi connectivity index (χ3v) is 4.98. The first kappa shape index (κ1) is 24.7. The molecule has 0 saturated heterocycles. The van der Waals surface area contributed by atoms with Crippen molar-refractivity contribution >= 4 is 41.6 Å². The van der Waals surface area contributed by atoms with E-state index in [-0.39, 0.29) is 12.4 Å². The lowest BCUT2D eigenvalue weighted by molar-refractivity contribution is 0.116. The molecule has 8 nitrogen and oxygen atoms in total. The van der Waals surface area contributed by atoms with Crippen molar-refractivity contribution < 1.29 is 13.2 Å². The molecule has 1 aromatic heterocycles. The number of amidine groups is 1. The number of benzene rings is 2. The topological polar surface area (TPSA) is 105 Å². The maximum atomic E-state index is 12.7. The van der Waals surface area contributed by atoms with Gasteiger partial charge in [-0.05, 0) is 49.2 Å². The Hall–Kier alpha value is -3.92. The number of alkyl halides is 2. The summed E-state index contributed by atoms with van der Waals surface area (Å²) < 4.78 is 30.3. The van der Waals surface area contributed by atoms with Gasteiger partial charge in [-0.3, -0.25) is 0 Å². The van der Waals surface area contributed by atoms with E-state index in [1.807, 2.05) is 25.1 Å². The minimum absolute atomic E-state index is 0.0491. The van der Waals surface area contributed by atoms with Gasteiger partial charge in [0.05, 0.1) is 23.8 Å². The molecule has 3 rings (SSSR count). The molecular weight excluding hydrogens is 464 g/mol. The SMILES string of the molecule is C=Cc1cc(/C(C)=N/N(Cc2ccc(-c3nnc(C(F)F)o3)cc2Cl)N=C)ccc1N=C(C)N. The molecule has 2 N–H and O–H groups in total. The highest BCUT2D eigenvalue weighted by Gasteiger charge is 2.18. The number of hydrogen-bond donors (Lipinski definition) is 1. The highest BCUT2D eigenvalue weighted by molar-refractivity contribution is 6.31. The van der Waals surface area contributed by atoms with Crippen LogP contribution in [0.4, 0.5) is 14.5 Å². The Kier molecular flexibility index (Phi) is 7.85. The second kappa shape index (κ2) is 10.8. The number of nitrogens with zero attached hydrogens (tertiary/aromatic N) is 6. The average molecular weight is 486 g/mol. The molecule has 0 fully saturated rings. The van der Waals surface area contributed by atoms with Gasteiger partial charge in [0.15, 0.2) is 0 Å². The first-order valence-electron chi connectivity index (χ1n) is 9.99. The van der Waals surface area contributed by atoms with Crippen LogP contribution in [0.15, 0.2) is 62.6 Å². The molecule has 0 bridgehead atoms. The van der Waals surface area contributed by atoms with E-state index in [1.165, 1.54) is 5.12 Å². The molecule has 0 radical (unpaired) electrons. The van der Waals surface area contributed by atoms with Crippen molar-refractivity contribution in [3.05, 3.63) is 70.6 Å². The summed E-state index contributed by atoms with van der Waals surface area (Å²) in [5.41, 5.74) is 9.81. The van der Waals surface area contributed by atoms with Crippen LogP contribution in [0.3, 0.4) is 0 Å². The van der Waals surface area contributed by atoms with Crippen molar-refractivity contribution in [1.82, 2.24) is 15.3 Å². The van der Waals surface area contributed by atoms with E-state index in [0.717, 1.165) is 11.1 Å². The molecule has 0 aliphatic heterocycles. The summed E-state index contributed by atoms with van der Waals surface area (Å²) in [6.45, 7) is 11.2. The van der Waals surface area contributed by atoms with Crippen LogP contribution in [-0.2, 0) is 6.54 Å². The van der Waals surface area contributed by atoms with Crippen LogP contribution >= 0.6 is 11.6 Å². The highest BCUT2D eigenvalue weighted by atomic mass is 35.5. The van der Waals surface area contributed by atoms with Gasteiger partial charge in [0.25, 0.3) is 5.89 Å². The summed E-state index contributed by atoms with van der Waals surface area (Å²) >= 11 is 6.39. The normalized spacial score (nSPS) is 12.2. The van der Waals surface area contributed by atoms with Crippen LogP contribution in [0.25, 0.3) is 17.5 Å². The molecule has 0 atom stereocenters. The molecule has 3 aromatic rings. The molecule has 34 heavy (non-hydrogen) atoms. The van der Waals surface area contributed by atoms with Gasteiger partial charge in [-0.2, -0.15) is 24.1 Å². The smallest absolute Gasteiger partial charge is 0.314 e. The van der Waals surface area contributed by atoms with Crippen molar-refractivity contribution in [1.29, 1.82) is 0 Å². The van der Waals surface area contributed by atoms with Crippen molar-refractivity contribution in [2.45, 2.75) is 26.8 Å². The third kappa shape index (κ3) is 5.90. The molecule has 1 heterocycles. The lowest BCUT2D eigenvalue weighted by Gasteiger charge is -2.15. The van der Waals surface area contributed by atoms with E-state index in [0.29, 0.717) is 33.4 Å². The number of nitrogens with two attached hydrogens (primary N) is 1. The Morgan fingerprint density at radius 2 is 2.00 bits per heavy atom. The van der Waals surface area contributed by atoms with Crippen molar-refractivity contribution in [3.8, 4) is 11.5 Å². The minimum atomic E-state index is -2.85. The maximum Gasteiger partial charge on any atom is 0.314 e. The van der Waals surface area contributed by atoms with Crippen molar-refractivity contribution in [2.24, 2.45) is 20.9 Å². The van der Waals surface area contributed by atoms with Crippen molar-refractivity contribution in [2.75, 3.05) is 0 Å². The van der Waals surface area contributed by atoms with Crippen LogP contribution in [0.1, 0.15) is 42.9 Å². The van der Waals surface area contributed by atoms with Gasteiger partial charge in [-0.15, -0.1) is 10.2 Å². The second-order valence-corrected chi connectivity index (χ2v) is 7.55. The number of aliphatic imine (C=N–C) groups is 1. The van der Waals surface area contributed by atoms with Gasteiger partial charge in [0.1, 0.15) is 0 Å². The fraction of sp³-hybridized carbons (Fsp3) is 0.174. The molecule has 0 aliphatic carbocycles. The van der Waals surface area contributed by atoms with Crippen molar-refractivity contribution in [3.63, 3.8) is 0 Å². The molecule has 11 heteroatoms. The van der Waals surface area contributed by atoms with Crippen LogP contribution in [0.5, 0.6) is 0 Å². The number of rotatable bonds is 9. The Labute approximate surface area is 200 Å². The van der Waals surface area contributed by atoms with E-state index < -0.39 is 12.3 Å². The average Bonchev–Trinajstić information content (AvgIpc) is 3.30. The highest BCUT2D eigenvalue weighted by Crippen LogP contribution is 2.28. The fourth-order valence-corrected chi connectivity index (χ4v) is 3.22. The van der Waals surface area contributed by atoms with Crippen LogP contribution in [0, 0.1) is 0 Å². The molecule has 0 amide bonds. The predicted octanol–water partition coefficient (Wildman–Crippen LogP) is 5.82. The number of halogens is 3. The van der Waals surface area contributed by atoms with Gasteiger partial charge >= 0.3 is 6.43 Å². The van der Waals surface area contributed by atoms with E-state index in [1.54, 1.807) is 31.2 Å². The molecule has 0 unspecified atom stereocenters. The Morgan fingerprint density at radius 1 is 1.24 bits per heavy atom. The third-order valence-electron chi connectivity index (χ3n) is 4.63. The molecule has 176 valence electrons. The van der Waals surface area contributed by atoms with E-state index >= 15 is 0 Å². The Morgan fingerprint density at radius 3 is 2.59 bits per heavy atom. The lowest BCUT2D eigenvalue weighted by atomic mass is 10.1. The zero-order valence-electron chi connectivity index (χ0n) is 18.5. The second-order valence-electron chi connectivity index (χ2n) is 7.14. The molecular formula is C23H22ClF2N7O. The molecule has 0 aliphatic rings. The Bertz CT molecular complexity index is 1270. The van der Waals surface area contributed by atoms with E-state index in [4.69, 9.17) is 21.8 Å². The monoisotopic (exact) mass is 485 g/mol. The Balaban J connectivity index is 1.81. The zero-order valence-corrected chi connectivity index (χ0v) is 19.3. The summed E-state index contributed by atoms with van der Waals surface area (Å²) in [6.07, 6.45) is -1.16. The maximum absolute atomic E-state index is 12.7.